The van der Waals surface area contributed by atoms with Crippen molar-refractivity contribution in [3.63, 3.8) is 0 Å². The standard InChI is InChI=1S/C13H30O3Si/c1-8-14-10-13(12(3)4,11-15-9-2)16-17(5,6)7/h12H,8-11H2,1-7H3. The molecule has 0 aliphatic rings. The maximum Gasteiger partial charge on any atom is 0.184 e. The van der Waals surface area contributed by atoms with Crippen LogP contribution in [0.2, 0.25) is 19.6 Å². The summed E-state index contributed by atoms with van der Waals surface area (Å²) in [4.78, 5) is 0. The molecule has 0 heterocycles. The molecular formula is C13H30O3Si. The Kier molecular flexibility index (Phi) is 7.56. The molecule has 0 fully saturated rings. The quantitative estimate of drug-likeness (QED) is 0.597. The average Bonchev–Trinajstić information content (AvgIpc) is 2.20. The second kappa shape index (κ2) is 7.51. The third-order valence-corrected chi connectivity index (χ3v) is 3.68. The van der Waals surface area contributed by atoms with Crippen LogP contribution in [0.4, 0.5) is 0 Å². The molecule has 0 N–H and O–H groups in total. The maximum atomic E-state index is 6.38. The Morgan fingerprint density at radius 2 is 1.35 bits per heavy atom. The molecule has 3 nitrogen and oxygen atoms in total. The highest BCUT2D eigenvalue weighted by molar-refractivity contribution is 6.69. The highest BCUT2D eigenvalue weighted by Gasteiger charge is 2.39. The van der Waals surface area contributed by atoms with Gasteiger partial charge in [0, 0.05) is 13.2 Å². The molecular weight excluding hydrogens is 232 g/mol. The third-order valence-electron chi connectivity index (χ3n) is 2.66. The van der Waals surface area contributed by atoms with E-state index in [0.29, 0.717) is 19.1 Å². The van der Waals surface area contributed by atoms with E-state index < -0.39 is 8.32 Å². The van der Waals surface area contributed by atoms with Crippen molar-refractivity contribution >= 4 is 8.32 Å². The first-order chi connectivity index (χ1) is 7.77. The number of rotatable bonds is 9. The maximum absolute atomic E-state index is 6.38. The van der Waals surface area contributed by atoms with Gasteiger partial charge in [-0.05, 0) is 39.4 Å². The van der Waals surface area contributed by atoms with Gasteiger partial charge in [-0.15, -0.1) is 0 Å². The van der Waals surface area contributed by atoms with Gasteiger partial charge in [-0.3, -0.25) is 0 Å². The second-order valence-electron chi connectivity index (χ2n) is 5.71. The van der Waals surface area contributed by atoms with E-state index in [1.165, 1.54) is 0 Å². The molecule has 0 saturated heterocycles. The molecule has 0 aliphatic carbocycles. The minimum absolute atomic E-state index is 0.295. The molecule has 0 aliphatic heterocycles. The van der Waals surface area contributed by atoms with Gasteiger partial charge < -0.3 is 13.9 Å². The fourth-order valence-electron chi connectivity index (χ4n) is 1.71. The Hall–Kier alpha value is 0.0969. The molecule has 0 amide bonds. The van der Waals surface area contributed by atoms with E-state index in [4.69, 9.17) is 13.9 Å². The summed E-state index contributed by atoms with van der Waals surface area (Å²) in [5.74, 6) is 0.382. The Morgan fingerprint density at radius 3 is 1.59 bits per heavy atom. The monoisotopic (exact) mass is 262 g/mol. The van der Waals surface area contributed by atoms with Crippen LogP contribution in [0, 0.1) is 5.92 Å². The number of hydrogen-bond donors (Lipinski definition) is 0. The largest absolute Gasteiger partial charge is 0.407 e. The van der Waals surface area contributed by atoms with Gasteiger partial charge in [0.05, 0.1) is 13.2 Å². The summed E-state index contributed by atoms with van der Waals surface area (Å²) in [6.07, 6.45) is 0. The van der Waals surface area contributed by atoms with E-state index in [-0.39, 0.29) is 5.60 Å². The Labute approximate surface area is 108 Å². The normalized spacial score (nSPS) is 13.4. The van der Waals surface area contributed by atoms with E-state index in [1.807, 2.05) is 13.8 Å². The zero-order chi connectivity index (χ0) is 13.5. The topological polar surface area (TPSA) is 27.7 Å². The van der Waals surface area contributed by atoms with E-state index in [9.17, 15) is 0 Å². The molecule has 0 bridgehead atoms. The Morgan fingerprint density at radius 1 is 0.941 bits per heavy atom. The zero-order valence-electron chi connectivity index (χ0n) is 12.6. The molecule has 0 aromatic heterocycles. The van der Waals surface area contributed by atoms with Crippen LogP contribution in [0.3, 0.4) is 0 Å². The lowest BCUT2D eigenvalue weighted by Crippen LogP contribution is -2.53. The molecule has 0 radical (unpaired) electrons. The van der Waals surface area contributed by atoms with Gasteiger partial charge in [0.2, 0.25) is 0 Å². The summed E-state index contributed by atoms with van der Waals surface area (Å²) in [6, 6.07) is 0. The predicted molar refractivity (Wildman–Crippen MR) is 75.0 cm³/mol. The summed E-state index contributed by atoms with van der Waals surface area (Å²) in [6.45, 7) is 17.7. The van der Waals surface area contributed by atoms with E-state index in [0.717, 1.165) is 13.2 Å². The van der Waals surface area contributed by atoms with Crippen LogP contribution in [-0.4, -0.2) is 40.3 Å². The summed E-state index contributed by atoms with van der Waals surface area (Å²) in [5, 5.41) is 0. The molecule has 0 atom stereocenters. The van der Waals surface area contributed by atoms with E-state index in [2.05, 4.69) is 33.5 Å². The first-order valence-corrected chi connectivity index (χ1v) is 10.0. The minimum Gasteiger partial charge on any atom is -0.407 e. The molecule has 104 valence electrons. The number of ether oxygens (including phenoxy) is 2. The van der Waals surface area contributed by atoms with Gasteiger partial charge in [0.15, 0.2) is 8.32 Å². The van der Waals surface area contributed by atoms with Crippen LogP contribution >= 0.6 is 0 Å². The summed E-state index contributed by atoms with van der Waals surface area (Å²) in [7, 11) is -1.62. The van der Waals surface area contributed by atoms with Crippen molar-refractivity contribution in [1.29, 1.82) is 0 Å². The first-order valence-electron chi connectivity index (χ1n) is 6.63. The Bertz CT molecular complexity index is 191. The summed E-state index contributed by atoms with van der Waals surface area (Å²) >= 11 is 0. The van der Waals surface area contributed by atoms with Crippen molar-refractivity contribution < 1.29 is 13.9 Å². The van der Waals surface area contributed by atoms with Gasteiger partial charge >= 0.3 is 0 Å². The van der Waals surface area contributed by atoms with Gasteiger partial charge in [0.1, 0.15) is 5.60 Å². The smallest absolute Gasteiger partial charge is 0.184 e. The van der Waals surface area contributed by atoms with Gasteiger partial charge in [-0.25, -0.2) is 0 Å². The molecule has 0 rings (SSSR count). The van der Waals surface area contributed by atoms with Crippen LogP contribution in [0.1, 0.15) is 27.7 Å². The van der Waals surface area contributed by atoms with Crippen molar-refractivity contribution in [1.82, 2.24) is 0 Å². The summed E-state index contributed by atoms with van der Waals surface area (Å²) in [5.41, 5.74) is -0.295. The number of hydrogen-bond acceptors (Lipinski definition) is 3. The lowest BCUT2D eigenvalue weighted by Gasteiger charge is -2.41. The van der Waals surface area contributed by atoms with Crippen molar-refractivity contribution in [3.05, 3.63) is 0 Å². The van der Waals surface area contributed by atoms with Gasteiger partial charge in [-0.2, -0.15) is 0 Å². The average molecular weight is 262 g/mol. The van der Waals surface area contributed by atoms with Gasteiger partial charge in [-0.1, -0.05) is 13.8 Å². The predicted octanol–water partition coefficient (Wildman–Crippen LogP) is 3.31. The molecule has 0 aromatic rings. The van der Waals surface area contributed by atoms with E-state index >= 15 is 0 Å². The highest BCUT2D eigenvalue weighted by atomic mass is 28.4. The molecule has 0 saturated carbocycles. The molecule has 0 unspecified atom stereocenters. The van der Waals surface area contributed by atoms with Crippen molar-refractivity contribution in [2.75, 3.05) is 26.4 Å². The fourth-order valence-corrected chi connectivity index (χ4v) is 3.28. The minimum atomic E-state index is -1.62. The Balaban J connectivity index is 4.81. The summed E-state index contributed by atoms with van der Waals surface area (Å²) < 4.78 is 17.6. The van der Waals surface area contributed by atoms with E-state index in [1.54, 1.807) is 0 Å². The van der Waals surface area contributed by atoms with Crippen molar-refractivity contribution in [2.24, 2.45) is 5.92 Å². The SMILES string of the molecule is CCOCC(COCC)(O[Si](C)(C)C)C(C)C. The van der Waals surface area contributed by atoms with Crippen LogP contribution in [0.25, 0.3) is 0 Å². The fraction of sp³-hybridized carbons (Fsp3) is 1.00. The van der Waals surface area contributed by atoms with Crippen molar-refractivity contribution in [3.8, 4) is 0 Å². The first kappa shape index (κ1) is 17.1. The molecule has 0 spiro atoms. The molecule has 0 aromatic carbocycles. The molecule has 17 heavy (non-hydrogen) atoms. The van der Waals surface area contributed by atoms with Crippen LogP contribution in [-0.2, 0) is 13.9 Å². The third kappa shape index (κ3) is 6.55. The molecule has 4 heteroatoms. The van der Waals surface area contributed by atoms with Crippen LogP contribution in [0.15, 0.2) is 0 Å². The second-order valence-corrected chi connectivity index (χ2v) is 10.1. The highest BCUT2D eigenvalue weighted by Crippen LogP contribution is 2.27. The lowest BCUT2D eigenvalue weighted by molar-refractivity contribution is -0.106. The van der Waals surface area contributed by atoms with Crippen LogP contribution in [0.5, 0.6) is 0 Å². The van der Waals surface area contributed by atoms with Gasteiger partial charge in [0.25, 0.3) is 0 Å². The zero-order valence-corrected chi connectivity index (χ0v) is 13.6. The lowest BCUT2D eigenvalue weighted by atomic mass is 9.92. The van der Waals surface area contributed by atoms with Crippen molar-refractivity contribution in [2.45, 2.75) is 52.9 Å². The van der Waals surface area contributed by atoms with Crippen LogP contribution < -0.4 is 0 Å².